The lowest BCUT2D eigenvalue weighted by molar-refractivity contribution is -0.113. The van der Waals surface area contributed by atoms with Crippen molar-refractivity contribution in [1.82, 2.24) is 5.32 Å². The van der Waals surface area contributed by atoms with Crippen LogP contribution in [0.3, 0.4) is 0 Å². The number of Topliss-reactive ketones (excluding diaryl/α,β-unsaturated/α-hetero) is 1. The molecule has 1 saturated heterocycles. The smallest absolute Gasteiger partial charge is 0.402 e. The van der Waals surface area contributed by atoms with Crippen molar-refractivity contribution in [2.24, 2.45) is 4.99 Å². The average molecular weight is 357 g/mol. The van der Waals surface area contributed by atoms with Crippen molar-refractivity contribution in [3.63, 3.8) is 0 Å². The topological polar surface area (TPSA) is 59.9 Å². The van der Waals surface area contributed by atoms with Crippen LogP contribution in [0.5, 0.6) is 0 Å². The van der Waals surface area contributed by atoms with Gasteiger partial charge in [-0.25, -0.2) is 4.99 Å². The van der Waals surface area contributed by atoms with E-state index in [1.807, 2.05) is 27.7 Å². The van der Waals surface area contributed by atoms with E-state index in [4.69, 9.17) is 9.31 Å². The standard InChI is InChI=1S/C14H22BBrN2O3/c1-9(19)10-7-14(16,8-18-11(10)17-6)15-20-12(2,3)13(4,5)21-15/h8,17H,7H2,1-6H3. The highest BCUT2D eigenvalue weighted by Crippen LogP contribution is 2.44. The molecule has 2 aliphatic heterocycles. The van der Waals surface area contributed by atoms with Gasteiger partial charge in [0.05, 0.1) is 11.2 Å². The molecule has 0 amide bonds. The number of alkyl halides is 1. The molecule has 0 aromatic rings. The Kier molecular flexibility index (Phi) is 4.15. The number of hydrogen-bond donors (Lipinski definition) is 1. The van der Waals surface area contributed by atoms with Crippen LogP contribution in [0.25, 0.3) is 0 Å². The molecule has 7 heteroatoms. The van der Waals surface area contributed by atoms with Crippen molar-refractivity contribution >= 4 is 35.0 Å². The van der Waals surface area contributed by atoms with E-state index in [1.54, 1.807) is 20.2 Å². The molecule has 0 radical (unpaired) electrons. The summed E-state index contributed by atoms with van der Waals surface area (Å²) in [7, 11) is 1.25. The average Bonchev–Trinajstić information content (AvgIpc) is 2.59. The van der Waals surface area contributed by atoms with Crippen LogP contribution >= 0.6 is 15.9 Å². The Morgan fingerprint density at radius 2 is 1.86 bits per heavy atom. The van der Waals surface area contributed by atoms with Gasteiger partial charge in [-0.05, 0) is 41.0 Å². The lowest BCUT2D eigenvalue weighted by atomic mass is 9.68. The van der Waals surface area contributed by atoms with Crippen LogP contribution in [0.4, 0.5) is 0 Å². The molecule has 2 heterocycles. The normalized spacial score (nSPS) is 30.7. The third-order valence-electron chi connectivity index (χ3n) is 4.45. The maximum absolute atomic E-state index is 11.9. The van der Waals surface area contributed by atoms with Crippen molar-refractivity contribution < 1.29 is 14.1 Å². The van der Waals surface area contributed by atoms with E-state index in [-0.39, 0.29) is 5.78 Å². The minimum Gasteiger partial charge on any atom is -0.402 e. The third-order valence-corrected chi connectivity index (χ3v) is 5.31. The zero-order valence-electron chi connectivity index (χ0n) is 13.4. The van der Waals surface area contributed by atoms with Crippen LogP contribution in [0.15, 0.2) is 16.4 Å². The van der Waals surface area contributed by atoms with E-state index in [0.717, 1.165) is 0 Å². The number of nitrogens with zero attached hydrogens (tertiary/aromatic N) is 1. The van der Waals surface area contributed by atoms with Gasteiger partial charge in [-0.3, -0.25) is 4.79 Å². The maximum Gasteiger partial charge on any atom is 0.481 e. The van der Waals surface area contributed by atoms with Gasteiger partial charge in [0, 0.05) is 18.8 Å². The molecule has 1 atom stereocenters. The van der Waals surface area contributed by atoms with Gasteiger partial charge in [-0.1, -0.05) is 15.9 Å². The molecule has 116 valence electrons. The van der Waals surface area contributed by atoms with Crippen molar-refractivity contribution in [1.29, 1.82) is 0 Å². The van der Waals surface area contributed by atoms with Gasteiger partial charge in [0.2, 0.25) is 0 Å². The zero-order chi connectivity index (χ0) is 16.1. The summed E-state index contributed by atoms with van der Waals surface area (Å²) in [5.74, 6) is 0.602. The van der Waals surface area contributed by atoms with E-state index >= 15 is 0 Å². The molecule has 0 saturated carbocycles. The Balaban J connectivity index is 2.29. The fourth-order valence-electron chi connectivity index (χ4n) is 2.34. The second kappa shape index (κ2) is 5.21. The molecule has 0 aromatic heterocycles. The number of ketones is 1. The minimum atomic E-state index is -0.639. The Morgan fingerprint density at radius 3 is 2.29 bits per heavy atom. The highest BCUT2D eigenvalue weighted by atomic mass is 79.9. The summed E-state index contributed by atoms with van der Waals surface area (Å²) in [6.45, 7) is 9.56. The number of nitrogens with one attached hydrogen (secondary N) is 1. The molecule has 0 spiro atoms. The number of rotatable bonds is 3. The van der Waals surface area contributed by atoms with E-state index in [9.17, 15) is 4.79 Å². The Hall–Kier alpha value is -0.655. The van der Waals surface area contributed by atoms with E-state index in [1.165, 1.54) is 0 Å². The van der Waals surface area contributed by atoms with Crippen molar-refractivity contribution in [3.05, 3.63) is 11.4 Å². The largest absolute Gasteiger partial charge is 0.481 e. The number of halogens is 1. The van der Waals surface area contributed by atoms with E-state index in [0.29, 0.717) is 17.8 Å². The molecule has 2 aliphatic rings. The van der Waals surface area contributed by atoms with Gasteiger partial charge < -0.3 is 14.6 Å². The highest BCUT2D eigenvalue weighted by molar-refractivity contribution is 9.10. The predicted molar refractivity (Wildman–Crippen MR) is 87.6 cm³/mol. The second-order valence-electron chi connectivity index (χ2n) is 6.58. The molecule has 0 aliphatic carbocycles. The molecule has 0 aromatic carbocycles. The van der Waals surface area contributed by atoms with Crippen LogP contribution in [-0.2, 0) is 14.1 Å². The number of aliphatic imine (C=N–C) groups is 1. The van der Waals surface area contributed by atoms with E-state index in [2.05, 4.69) is 26.2 Å². The molecule has 2 rings (SSSR count). The third kappa shape index (κ3) is 2.83. The van der Waals surface area contributed by atoms with Crippen LogP contribution in [0, 0.1) is 0 Å². The monoisotopic (exact) mass is 356 g/mol. The van der Waals surface area contributed by atoms with Crippen molar-refractivity contribution in [3.8, 4) is 0 Å². The summed E-state index contributed by atoms with van der Waals surface area (Å²) >= 11 is 3.68. The molecular formula is C14H22BBrN2O3. The van der Waals surface area contributed by atoms with Crippen LogP contribution < -0.4 is 5.32 Å². The first-order valence-electron chi connectivity index (χ1n) is 7.04. The van der Waals surface area contributed by atoms with E-state index < -0.39 is 22.5 Å². The molecule has 0 bridgehead atoms. The summed E-state index contributed by atoms with van der Waals surface area (Å²) in [5.41, 5.74) is -0.197. The number of allylic oxidation sites excluding steroid dienone is 1. The first kappa shape index (κ1) is 16.7. The minimum absolute atomic E-state index is 0.00320. The molecule has 1 fully saturated rings. The van der Waals surface area contributed by atoms with Crippen molar-refractivity contribution in [2.45, 2.75) is 56.5 Å². The lowest BCUT2D eigenvalue weighted by Gasteiger charge is -2.32. The number of carbonyl (C=O) groups excluding carboxylic acids is 1. The van der Waals surface area contributed by atoms with Gasteiger partial charge in [0.15, 0.2) is 5.78 Å². The quantitative estimate of drug-likeness (QED) is 0.622. The van der Waals surface area contributed by atoms with Crippen LogP contribution in [0.2, 0.25) is 0 Å². The molecule has 1 unspecified atom stereocenters. The number of hydrogen-bond acceptors (Lipinski definition) is 5. The summed E-state index contributed by atoms with van der Waals surface area (Å²) < 4.78 is 11.5. The summed E-state index contributed by atoms with van der Waals surface area (Å²) in [4.78, 5) is 16.2. The van der Waals surface area contributed by atoms with Crippen LogP contribution in [0.1, 0.15) is 41.0 Å². The fourth-order valence-corrected chi connectivity index (χ4v) is 2.91. The first-order chi connectivity index (χ1) is 9.52. The number of carbonyl (C=O) groups is 1. The highest BCUT2D eigenvalue weighted by Gasteiger charge is 2.59. The molecule has 21 heavy (non-hydrogen) atoms. The summed E-state index contributed by atoms with van der Waals surface area (Å²) in [6, 6.07) is 0. The molecule has 1 N–H and O–H groups in total. The lowest BCUT2D eigenvalue weighted by Crippen LogP contribution is -2.47. The summed E-state index contributed by atoms with van der Waals surface area (Å²) in [6.07, 6.45) is 2.23. The Bertz CT molecular complexity index is 514. The van der Waals surface area contributed by atoms with Crippen LogP contribution in [-0.4, -0.2) is 41.6 Å². The summed E-state index contributed by atoms with van der Waals surface area (Å²) in [5, 5.41) is 2.95. The van der Waals surface area contributed by atoms with Crippen molar-refractivity contribution in [2.75, 3.05) is 7.05 Å². The second-order valence-corrected chi connectivity index (χ2v) is 8.06. The van der Waals surface area contributed by atoms with Gasteiger partial charge in [-0.2, -0.15) is 0 Å². The van der Waals surface area contributed by atoms with Gasteiger partial charge >= 0.3 is 7.12 Å². The fraction of sp³-hybridized carbons (Fsp3) is 0.714. The SMILES string of the molecule is CNC1=C(C(C)=O)CC(Br)(B2OC(C)(C)C(C)(C)O2)C=N1. The molecular weight excluding hydrogens is 335 g/mol. The van der Waals surface area contributed by atoms with Gasteiger partial charge in [0.25, 0.3) is 0 Å². The van der Waals surface area contributed by atoms with Gasteiger partial charge in [-0.15, -0.1) is 0 Å². The Labute approximate surface area is 134 Å². The zero-order valence-corrected chi connectivity index (χ0v) is 15.0. The predicted octanol–water partition coefficient (Wildman–Crippen LogP) is 2.25. The first-order valence-corrected chi connectivity index (χ1v) is 7.83. The van der Waals surface area contributed by atoms with Gasteiger partial charge in [0.1, 0.15) is 10.0 Å². The Morgan fingerprint density at radius 1 is 1.33 bits per heavy atom. The maximum atomic E-state index is 11.9. The molecule has 5 nitrogen and oxygen atoms in total.